The van der Waals surface area contributed by atoms with Crippen molar-refractivity contribution in [3.63, 3.8) is 0 Å². The number of nitrogens with zero attached hydrogens (tertiary/aromatic N) is 2. The molecule has 2 rings (SSSR count). The second-order valence-electron chi connectivity index (χ2n) is 5.90. The number of amides is 1. The Balaban J connectivity index is 2.32. The quantitative estimate of drug-likeness (QED) is 0.365. The molecule has 0 spiro atoms. The highest BCUT2D eigenvalue weighted by Crippen LogP contribution is 2.24. The van der Waals surface area contributed by atoms with Gasteiger partial charge in [0.25, 0.3) is 5.56 Å². The summed E-state index contributed by atoms with van der Waals surface area (Å²) in [6.45, 7) is 3.64. The molecule has 1 amide bonds. The summed E-state index contributed by atoms with van der Waals surface area (Å²) in [5.41, 5.74) is 0.368. The second-order valence-corrected chi connectivity index (χ2v) is 7.65. The van der Waals surface area contributed by atoms with Crippen molar-refractivity contribution in [2.45, 2.75) is 30.3 Å². The number of hydrogen-bond donors (Lipinski definition) is 1. The molecular formula is C18H24ClN3O4S. The van der Waals surface area contributed by atoms with Crippen LogP contribution in [0.1, 0.15) is 13.3 Å². The Morgan fingerprint density at radius 2 is 2.07 bits per heavy atom. The Morgan fingerprint density at radius 1 is 1.33 bits per heavy atom. The summed E-state index contributed by atoms with van der Waals surface area (Å²) >= 11 is 7.29. The highest BCUT2D eigenvalue weighted by Gasteiger charge is 2.19. The van der Waals surface area contributed by atoms with E-state index in [0.717, 1.165) is 0 Å². The zero-order valence-electron chi connectivity index (χ0n) is 15.7. The first-order valence-corrected chi connectivity index (χ1v) is 9.86. The predicted octanol–water partition coefficient (Wildman–Crippen LogP) is 2.33. The SMILES string of the molecule is COCCCn1c(S[C@H](C)C(=O)NCCOC)nc2cc(Cl)ccc2c1=O. The van der Waals surface area contributed by atoms with Gasteiger partial charge in [0.15, 0.2) is 5.16 Å². The average molecular weight is 414 g/mol. The highest BCUT2D eigenvalue weighted by molar-refractivity contribution is 8.00. The van der Waals surface area contributed by atoms with Crippen LogP contribution in [0.25, 0.3) is 10.9 Å². The number of carbonyl (C=O) groups excluding carboxylic acids is 1. The Bertz CT molecular complexity index is 843. The van der Waals surface area contributed by atoms with Crippen LogP contribution in [-0.4, -0.2) is 54.7 Å². The molecule has 0 bridgehead atoms. The molecule has 0 aliphatic carbocycles. The molecule has 1 aromatic carbocycles. The van der Waals surface area contributed by atoms with Gasteiger partial charge in [-0.2, -0.15) is 0 Å². The van der Waals surface area contributed by atoms with Crippen molar-refractivity contribution in [1.29, 1.82) is 0 Å². The first-order chi connectivity index (χ1) is 13.0. The first kappa shape index (κ1) is 21.7. The van der Waals surface area contributed by atoms with Gasteiger partial charge in [-0.05, 0) is 31.5 Å². The van der Waals surface area contributed by atoms with E-state index in [-0.39, 0.29) is 11.5 Å². The summed E-state index contributed by atoms with van der Waals surface area (Å²) in [6.07, 6.45) is 0.666. The van der Waals surface area contributed by atoms with E-state index in [9.17, 15) is 9.59 Å². The van der Waals surface area contributed by atoms with Gasteiger partial charge in [-0.1, -0.05) is 23.4 Å². The van der Waals surface area contributed by atoms with Crippen molar-refractivity contribution >= 4 is 40.2 Å². The number of halogens is 1. The van der Waals surface area contributed by atoms with Crippen LogP contribution in [0.3, 0.4) is 0 Å². The van der Waals surface area contributed by atoms with E-state index in [2.05, 4.69) is 10.3 Å². The van der Waals surface area contributed by atoms with E-state index in [0.29, 0.717) is 53.8 Å². The van der Waals surface area contributed by atoms with Gasteiger partial charge >= 0.3 is 0 Å². The van der Waals surface area contributed by atoms with Crippen LogP contribution < -0.4 is 10.9 Å². The van der Waals surface area contributed by atoms with Crippen molar-refractivity contribution in [2.75, 3.05) is 34.0 Å². The standard InChI is InChI=1S/C18H24ClN3O4S/c1-12(16(23)20-7-10-26-3)27-18-21-15-11-13(19)5-6-14(15)17(24)22(18)8-4-9-25-2/h5-6,11-12H,4,7-10H2,1-3H3,(H,20,23)/t12-/m1/s1. The number of fused-ring (bicyclic) bond motifs is 1. The van der Waals surface area contributed by atoms with Crippen molar-refractivity contribution < 1.29 is 14.3 Å². The van der Waals surface area contributed by atoms with Gasteiger partial charge in [0.2, 0.25) is 5.91 Å². The molecule has 0 saturated carbocycles. The summed E-state index contributed by atoms with van der Waals surface area (Å²) in [5, 5.41) is 3.87. The molecule has 0 fully saturated rings. The molecule has 1 atom stereocenters. The van der Waals surface area contributed by atoms with Gasteiger partial charge < -0.3 is 14.8 Å². The van der Waals surface area contributed by atoms with Crippen LogP contribution in [-0.2, 0) is 20.8 Å². The minimum Gasteiger partial charge on any atom is -0.385 e. The lowest BCUT2D eigenvalue weighted by atomic mass is 10.2. The fourth-order valence-electron chi connectivity index (χ4n) is 2.46. The number of benzene rings is 1. The lowest BCUT2D eigenvalue weighted by Gasteiger charge is -2.16. The molecule has 0 aliphatic rings. The van der Waals surface area contributed by atoms with E-state index in [1.54, 1.807) is 43.9 Å². The zero-order valence-corrected chi connectivity index (χ0v) is 17.2. The fourth-order valence-corrected chi connectivity index (χ4v) is 3.59. The lowest BCUT2D eigenvalue weighted by molar-refractivity contribution is -0.120. The number of ether oxygens (including phenoxy) is 2. The number of aromatic nitrogens is 2. The van der Waals surface area contributed by atoms with Crippen LogP contribution in [0.15, 0.2) is 28.2 Å². The summed E-state index contributed by atoms with van der Waals surface area (Å²) in [7, 11) is 3.19. The summed E-state index contributed by atoms with van der Waals surface area (Å²) in [5.74, 6) is -0.138. The molecule has 0 saturated heterocycles. The van der Waals surface area contributed by atoms with Gasteiger partial charge in [-0.15, -0.1) is 0 Å². The molecule has 0 unspecified atom stereocenters. The molecular weight excluding hydrogens is 390 g/mol. The molecule has 1 heterocycles. The number of hydrogen-bond acceptors (Lipinski definition) is 6. The molecule has 0 radical (unpaired) electrons. The zero-order chi connectivity index (χ0) is 19.8. The molecule has 9 heteroatoms. The summed E-state index contributed by atoms with van der Waals surface area (Å²) in [4.78, 5) is 29.8. The van der Waals surface area contributed by atoms with Crippen molar-refractivity contribution in [1.82, 2.24) is 14.9 Å². The van der Waals surface area contributed by atoms with Crippen molar-refractivity contribution in [3.05, 3.63) is 33.6 Å². The highest BCUT2D eigenvalue weighted by atomic mass is 35.5. The Hall–Kier alpha value is -1.61. The third-order valence-electron chi connectivity index (χ3n) is 3.87. The smallest absolute Gasteiger partial charge is 0.262 e. The van der Waals surface area contributed by atoms with Crippen molar-refractivity contribution in [3.8, 4) is 0 Å². The number of methoxy groups -OCH3 is 2. The van der Waals surface area contributed by atoms with Gasteiger partial charge in [-0.25, -0.2) is 4.98 Å². The normalized spacial score (nSPS) is 12.3. The van der Waals surface area contributed by atoms with Crippen LogP contribution in [0, 0.1) is 0 Å². The Morgan fingerprint density at radius 3 is 2.78 bits per heavy atom. The summed E-state index contributed by atoms with van der Waals surface area (Å²) < 4.78 is 11.6. The maximum absolute atomic E-state index is 12.9. The van der Waals surface area contributed by atoms with Gasteiger partial charge in [0, 0.05) is 38.9 Å². The number of rotatable bonds is 10. The molecule has 7 nitrogen and oxygen atoms in total. The first-order valence-electron chi connectivity index (χ1n) is 8.60. The molecule has 148 valence electrons. The van der Waals surface area contributed by atoms with Crippen LogP contribution >= 0.6 is 23.4 Å². The van der Waals surface area contributed by atoms with E-state index in [1.165, 1.54) is 11.8 Å². The van der Waals surface area contributed by atoms with Crippen molar-refractivity contribution in [2.24, 2.45) is 0 Å². The molecule has 1 N–H and O–H groups in total. The molecule has 2 aromatic rings. The Labute approximate surface area is 167 Å². The third-order valence-corrected chi connectivity index (χ3v) is 5.19. The van der Waals surface area contributed by atoms with Gasteiger partial charge in [0.05, 0.1) is 22.8 Å². The molecule has 27 heavy (non-hydrogen) atoms. The average Bonchev–Trinajstić information content (AvgIpc) is 2.64. The number of carbonyl (C=O) groups is 1. The van der Waals surface area contributed by atoms with Crippen LogP contribution in [0.4, 0.5) is 0 Å². The monoisotopic (exact) mass is 413 g/mol. The number of nitrogens with one attached hydrogen (secondary N) is 1. The van der Waals surface area contributed by atoms with Gasteiger partial charge in [-0.3, -0.25) is 14.2 Å². The topological polar surface area (TPSA) is 82.4 Å². The lowest BCUT2D eigenvalue weighted by Crippen LogP contribution is -2.34. The Kier molecular flexibility index (Phi) is 8.56. The van der Waals surface area contributed by atoms with Crippen LogP contribution in [0.5, 0.6) is 0 Å². The third kappa shape index (κ3) is 5.93. The van der Waals surface area contributed by atoms with E-state index >= 15 is 0 Å². The minimum atomic E-state index is -0.418. The van der Waals surface area contributed by atoms with Crippen LogP contribution in [0.2, 0.25) is 5.02 Å². The maximum Gasteiger partial charge on any atom is 0.262 e. The number of thioether (sulfide) groups is 1. The van der Waals surface area contributed by atoms with Gasteiger partial charge in [0.1, 0.15) is 0 Å². The largest absolute Gasteiger partial charge is 0.385 e. The fraction of sp³-hybridized carbons (Fsp3) is 0.500. The second kappa shape index (κ2) is 10.7. The molecule has 1 aromatic heterocycles. The van der Waals surface area contributed by atoms with E-state index in [1.807, 2.05) is 0 Å². The molecule has 0 aliphatic heterocycles. The summed E-state index contributed by atoms with van der Waals surface area (Å²) in [6, 6.07) is 5.01. The maximum atomic E-state index is 12.9. The predicted molar refractivity (Wildman–Crippen MR) is 108 cm³/mol. The van der Waals surface area contributed by atoms with E-state index < -0.39 is 5.25 Å². The minimum absolute atomic E-state index is 0.138. The van der Waals surface area contributed by atoms with E-state index in [4.69, 9.17) is 21.1 Å².